The highest BCUT2D eigenvalue weighted by molar-refractivity contribution is 5.85. The number of hydrogen-bond acceptors (Lipinski definition) is 2. The number of anilines is 1. The lowest BCUT2D eigenvalue weighted by Gasteiger charge is -1.94. The summed E-state index contributed by atoms with van der Waals surface area (Å²) in [5.41, 5.74) is 3.46. The van der Waals surface area contributed by atoms with Crippen molar-refractivity contribution < 1.29 is 0 Å². The Hall–Kier alpha value is -0.730. The number of halogens is 1. The Kier molecular flexibility index (Phi) is 10.9. The molecule has 0 amide bonds. The second-order valence-electron chi connectivity index (χ2n) is 1.51. The van der Waals surface area contributed by atoms with Gasteiger partial charge in [-0.1, -0.05) is 32.0 Å². The molecule has 0 heterocycles. The molecule has 0 aliphatic heterocycles. The largest absolute Gasteiger partial charge is 0.324 e. The van der Waals surface area contributed by atoms with Crippen LogP contribution in [0.15, 0.2) is 30.3 Å². The molecule has 0 aromatic heterocycles. The van der Waals surface area contributed by atoms with E-state index >= 15 is 0 Å². The minimum absolute atomic E-state index is 0. The second kappa shape index (κ2) is 9.27. The van der Waals surface area contributed by atoms with E-state index in [4.69, 9.17) is 5.84 Å². The van der Waals surface area contributed by atoms with Crippen molar-refractivity contribution in [3.05, 3.63) is 30.3 Å². The van der Waals surface area contributed by atoms with Crippen molar-refractivity contribution in [3.63, 3.8) is 0 Å². The molecule has 1 aromatic rings. The van der Waals surface area contributed by atoms with Crippen LogP contribution in [0.25, 0.3) is 0 Å². The summed E-state index contributed by atoms with van der Waals surface area (Å²) in [7, 11) is 0. The standard InChI is InChI=1S/C6H8N2.C2H6.ClH/c7-8-6-4-2-1-3-5-6;1-2;/h1-5,8H,7H2;1-2H3;1H. The van der Waals surface area contributed by atoms with E-state index in [2.05, 4.69) is 5.43 Å². The van der Waals surface area contributed by atoms with Crippen molar-refractivity contribution in [3.8, 4) is 0 Å². The lowest BCUT2D eigenvalue weighted by molar-refractivity contribution is 1.35. The Bertz CT molecular complexity index is 153. The first kappa shape index (κ1) is 12.9. The Balaban J connectivity index is 0. The SMILES string of the molecule is CC.Cl.NNc1ccccc1. The fourth-order valence-electron chi connectivity index (χ4n) is 0.534. The van der Waals surface area contributed by atoms with Crippen molar-refractivity contribution in [2.75, 3.05) is 5.43 Å². The third-order valence-electron chi connectivity index (χ3n) is 0.940. The number of nitrogens with one attached hydrogen (secondary N) is 1. The maximum absolute atomic E-state index is 5.10. The fourth-order valence-corrected chi connectivity index (χ4v) is 0.534. The zero-order chi connectivity index (χ0) is 7.82. The minimum Gasteiger partial charge on any atom is -0.324 e. The fraction of sp³-hybridized carbons (Fsp3) is 0.250. The number of hydrogen-bond donors (Lipinski definition) is 2. The molecule has 0 aliphatic carbocycles. The van der Waals surface area contributed by atoms with Gasteiger partial charge in [-0.2, -0.15) is 0 Å². The van der Waals surface area contributed by atoms with Gasteiger partial charge < -0.3 is 5.43 Å². The van der Waals surface area contributed by atoms with Crippen LogP contribution in [0.3, 0.4) is 0 Å². The molecule has 0 saturated heterocycles. The quantitative estimate of drug-likeness (QED) is 0.507. The molecule has 2 nitrogen and oxygen atoms in total. The van der Waals surface area contributed by atoms with Crippen LogP contribution in [0.5, 0.6) is 0 Å². The van der Waals surface area contributed by atoms with Crippen LogP contribution in [0, 0.1) is 0 Å². The van der Waals surface area contributed by atoms with E-state index < -0.39 is 0 Å². The summed E-state index contributed by atoms with van der Waals surface area (Å²) in [6.07, 6.45) is 0. The van der Waals surface area contributed by atoms with Crippen LogP contribution < -0.4 is 11.3 Å². The predicted octanol–water partition coefficient (Wildman–Crippen LogP) is 2.42. The first-order chi connectivity index (χ1) is 4.93. The van der Waals surface area contributed by atoms with E-state index in [1.807, 2.05) is 44.2 Å². The third kappa shape index (κ3) is 5.70. The molecule has 11 heavy (non-hydrogen) atoms. The van der Waals surface area contributed by atoms with E-state index in [-0.39, 0.29) is 12.4 Å². The first-order valence-corrected chi connectivity index (χ1v) is 3.45. The molecule has 0 saturated carbocycles. The summed E-state index contributed by atoms with van der Waals surface area (Å²) in [4.78, 5) is 0. The molecule has 3 N–H and O–H groups in total. The van der Waals surface area contributed by atoms with Crippen LogP contribution >= 0.6 is 12.4 Å². The van der Waals surface area contributed by atoms with Crippen LogP contribution in [0.2, 0.25) is 0 Å². The normalized spacial score (nSPS) is 6.82. The second-order valence-corrected chi connectivity index (χ2v) is 1.51. The highest BCUT2D eigenvalue weighted by Gasteiger charge is 1.78. The topological polar surface area (TPSA) is 38.0 Å². The molecule has 0 radical (unpaired) electrons. The maximum atomic E-state index is 5.10. The molecule has 0 fully saturated rings. The maximum Gasteiger partial charge on any atom is 0.0485 e. The predicted molar refractivity (Wildman–Crippen MR) is 52.8 cm³/mol. The van der Waals surface area contributed by atoms with Crippen molar-refractivity contribution in [2.24, 2.45) is 5.84 Å². The first-order valence-electron chi connectivity index (χ1n) is 3.45. The van der Waals surface area contributed by atoms with E-state index in [1.165, 1.54) is 0 Å². The Morgan fingerprint density at radius 1 is 1.09 bits per heavy atom. The summed E-state index contributed by atoms with van der Waals surface area (Å²) in [6, 6.07) is 9.60. The van der Waals surface area contributed by atoms with Gasteiger partial charge in [-0.15, -0.1) is 12.4 Å². The number of para-hydroxylation sites is 1. The number of hydrazine groups is 1. The molecule has 0 unspecified atom stereocenters. The van der Waals surface area contributed by atoms with Gasteiger partial charge in [0.1, 0.15) is 0 Å². The zero-order valence-electron chi connectivity index (χ0n) is 6.87. The highest BCUT2D eigenvalue weighted by atomic mass is 35.5. The van der Waals surface area contributed by atoms with Gasteiger partial charge in [0.25, 0.3) is 0 Å². The Morgan fingerprint density at radius 2 is 1.55 bits per heavy atom. The van der Waals surface area contributed by atoms with E-state index in [1.54, 1.807) is 0 Å². The highest BCUT2D eigenvalue weighted by Crippen LogP contribution is 2.00. The number of rotatable bonds is 1. The van der Waals surface area contributed by atoms with Gasteiger partial charge in [-0.3, -0.25) is 5.84 Å². The van der Waals surface area contributed by atoms with Crippen LogP contribution in [-0.2, 0) is 0 Å². The van der Waals surface area contributed by atoms with Crippen molar-refractivity contribution >= 4 is 18.1 Å². The number of nitrogens with two attached hydrogens (primary N) is 1. The Morgan fingerprint density at radius 3 is 1.82 bits per heavy atom. The van der Waals surface area contributed by atoms with Gasteiger partial charge in [-0.25, -0.2) is 0 Å². The van der Waals surface area contributed by atoms with Gasteiger partial charge in [0.15, 0.2) is 0 Å². The average molecular weight is 175 g/mol. The summed E-state index contributed by atoms with van der Waals surface area (Å²) in [5, 5.41) is 0. The molecule has 1 aromatic carbocycles. The molecule has 0 atom stereocenters. The van der Waals surface area contributed by atoms with Gasteiger partial charge in [0, 0.05) is 5.69 Å². The summed E-state index contributed by atoms with van der Waals surface area (Å²) in [6.45, 7) is 4.00. The van der Waals surface area contributed by atoms with Crippen LogP contribution in [0.4, 0.5) is 5.69 Å². The monoisotopic (exact) mass is 174 g/mol. The van der Waals surface area contributed by atoms with Gasteiger partial charge >= 0.3 is 0 Å². The Labute approximate surface area is 74.2 Å². The van der Waals surface area contributed by atoms with Crippen molar-refractivity contribution in [1.29, 1.82) is 0 Å². The van der Waals surface area contributed by atoms with Crippen LogP contribution in [0.1, 0.15) is 13.8 Å². The lowest BCUT2D eigenvalue weighted by atomic mass is 10.3. The minimum atomic E-state index is 0. The van der Waals surface area contributed by atoms with Gasteiger partial charge in [0.05, 0.1) is 0 Å². The van der Waals surface area contributed by atoms with Crippen molar-refractivity contribution in [2.45, 2.75) is 13.8 Å². The summed E-state index contributed by atoms with van der Waals surface area (Å²) >= 11 is 0. The van der Waals surface area contributed by atoms with Gasteiger partial charge in [-0.05, 0) is 12.1 Å². The molecule has 0 aliphatic rings. The molecule has 1 rings (SSSR count). The van der Waals surface area contributed by atoms with Crippen LogP contribution in [-0.4, -0.2) is 0 Å². The third-order valence-corrected chi connectivity index (χ3v) is 0.940. The molecule has 0 bridgehead atoms. The lowest BCUT2D eigenvalue weighted by Crippen LogP contribution is -2.05. The van der Waals surface area contributed by atoms with E-state index in [9.17, 15) is 0 Å². The van der Waals surface area contributed by atoms with E-state index in [0.717, 1.165) is 5.69 Å². The number of benzene rings is 1. The summed E-state index contributed by atoms with van der Waals surface area (Å²) < 4.78 is 0. The molecular formula is C8H15ClN2. The van der Waals surface area contributed by atoms with Crippen molar-refractivity contribution in [1.82, 2.24) is 0 Å². The summed E-state index contributed by atoms with van der Waals surface area (Å²) in [5.74, 6) is 5.10. The smallest absolute Gasteiger partial charge is 0.0485 e. The molecular weight excluding hydrogens is 160 g/mol. The molecule has 3 heteroatoms. The average Bonchev–Trinajstić information content (AvgIpc) is 2.10. The number of nitrogen functional groups attached to an aromatic ring is 1. The van der Waals surface area contributed by atoms with Gasteiger partial charge in [0.2, 0.25) is 0 Å². The molecule has 64 valence electrons. The molecule has 0 spiro atoms. The zero-order valence-corrected chi connectivity index (χ0v) is 7.69. The van der Waals surface area contributed by atoms with E-state index in [0.29, 0.717) is 0 Å².